The van der Waals surface area contributed by atoms with E-state index in [-0.39, 0.29) is 6.04 Å². The minimum absolute atomic E-state index is 0.0306. The fourth-order valence-corrected chi connectivity index (χ4v) is 2.67. The normalized spacial score (nSPS) is 12.4. The van der Waals surface area contributed by atoms with Gasteiger partial charge in [0.2, 0.25) is 0 Å². The first-order valence-corrected chi connectivity index (χ1v) is 7.31. The maximum atomic E-state index is 5.97. The van der Waals surface area contributed by atoms with Gasteiger partial charge >= 0.3 is 0 Å². The number of rotatable bonds is 5. The van der Waals surface area contributed by atoms with Gasteiger partial charge in [-0.2, -0.15) is 0 Å². The zero-order valence-electron chi connectivity index (χ0n) is 11.6. The van der Waals surface area contributed by atoms with Gasteiger partial charge in [-0.15, -0.1) is 11.3 Å². The van der Waals surface area contributed by atoms with Crippen LogP contribution in [0.2, 0.25) is 0 Å². The number of nitrogens with two attached hydrogens (primary N) is 1. The zero-order valence-corrected chi connectivity index (χ0v) is 12.4. The summed E-state index contributed by atoms with van der Waals surface area (Å²) in [7, 11) is 2.07. The maximum Gasteiger partial charge on any atom is 0.0798 e. The second-order valence-electron chi connectivity index (χ2n) is 4.67. The molecule has 0 bridgehead atoms. The number of aromatic nitrogens is 2. The monoisotopic (exact) mass is 276 g/mol. The van der Waals surface area contributed by atoms with Gasteiger partial charge in [-0.05, 0) is 25.5 Å². The largest absolute Gasteiger partial charge is 0.368 e. The Bertz CT molecular complexity index is 520. The van der Waals surface area contributed by atoms with Gasteiger partial charge in [0.05, 0.1) is 35.3 Å². The van der Waals surface area contributed by atoms with Gasteiger partial charge in [0.15, 0.2) is 0 Å². The van der Waals surface area contributed by atoms with Crippen LogP contribution in [0, 0.1) is 6.92 Å². The van der Waals surface area contributed by atoms with Crippen molar-refractivity contribution in [2.75, 3.05) is 11.9 Å². The predicted octanol–water partition coefficient (Wildman–Crippen LogP) is 2.89. The van der Waals surface area contributed by atoms with Crippen molar-refractivity contribution in [1.29, 1.82) is 0 Å². The molecule has 2 rings (SSSR count). The first kappa shape index (κ1) is 14.0. The quantitative estimate of drug-likeness (QED) is 0.912. The fraction of sp³-hybridized carbons (Fsp3) is 0.429. The molecule has 0 aliphatic carbocycles. The number of nitrogens with zero attached hydrogens (tertiary/aromatic N) is 3. The Morgan fingerprint density at radius 2 is 2.16 bits per heavy atom. The van der Waals surface area contributed by atoms with Crippen LogP contribution in [0.15, 0.2) is 23.8 Å². The summed E-state index contributed by atoms with van der Waals surface area (Å²) < 4.78 is 0. The molecule has 0 aliphatic rings. The highest BCUT2D eigenvalue weighted by Crippen LogP contribution is 2.20. The molecule has 0 fully saturated rings. The summed E-state index contributed by atoms with van der Waals surface area (Å²) in [5.74, 6) is 0. The Morgan fingerprint density at radius 3 is 2.68 bits per heavy atom. The van der Waals surface area contributed by atoms with Crippen molar-refractivity contribution in [3.8, 4) is 0 Å². The van der Waals surface area contributed by atoms with Crippen molar-refractivity contribution in [1.82, 2.24) is 9.97 Å². The van der Waals surface area contributed by atoms with Crippen LogP contribution in [0.4, 0.5) is 5.69 Å². The van der Waals surface area contributed by atoms with Crippen LogP contribution in [0.3, 0.4) is 0 Å². The molecule has 0 aliphatic heterocycles. The van der Waals surface area contributed by atoms with Crippen molar-refractivity contribution in [2.24, 2.45) is 5.73 Å². The Kier molecular flexibility index (Phi) is 4.50. The predicted molar refractivity (Wildman–Crippen MR) is 80.4 cm³/mol. The second-order valence-corrected chi connectivity index (χ2v) is 5.61. The highest BCUT2D eigenvalue weighted by atomic mass is 32.1. The molecular weight excluding hydrogens is 256 g/mol. The van der Waals surface area contributed by atoms with Crippen LogP contribution in [0.1, 0.15) is 35.7 Å². The van der Waals surface area contributed by atoms with Crippen LogP contribution >= 0.6 is 11.3 Å². The molecule has 2 heterocycles. The third-order valence-electron chi connectivity index (χ3n) is 3.26. The van der Waals surface area contributed by atoms with E-state index in [0.717, 1.165) is 30.0 Å². The number of aryl methyl sites for hydroxylation is 1. The van der Waals surface area contributed by atoms with E-state index in [4.69, 9.17) is 5.73 Å². The third-order valence-corrected chi connectivity index (χ3v) is 4.18. The molecule has 0 amide bonds. The molecule has 0 saturated heterocycles. The average molecular weight is 276 g/mol. The van der Waals surface area contributed by atoms with E-state index in [9.17, 15) is 0 Å². The van der Waals surface area contributed by atoms with Crippen molar-refractivity contribution in [2.45, 2.75) is 32.9 Å². The van der Waals surface area contributed by atoms with Gasteiger partial charge in [-0.3, -0.25) is 4.98 Å². The van der Waals surface area contributed by atoms with E-state index in [0.29, 0.717) is 0 Å². The van der Waals surface area contributed by atoms with Crippen molar-refractivity contribution in [3.63, 3.8) is 0 Å². The van der Waals surface area contributed by atoms with Crippen LogP contribution in [-0.4, -0.2) is 17.0 Å². The first-order valence-electron chi connectivity index (χ1n) is 6.43. The van der Waals surface area contributed by atoms with E-state index in [2.05, 4.69) is 34.9 Å². The molecule has 2 aromatic heterocycles. The Balaban J connectivity index is 2.07. The molecule has 102 valence electrons. The maximum absolute atomic E-state index is 5.97. The highest BCUT2D eigenvalue weighted by Gasteiger charge is 2.09. The molecule has 5 heteroatoms. The summed E-state index contributed by atoms with van der Waals surface area (Å²) in [6.45, 7) is 4.97. The van der Waals surface area contributed by atoms with Crippen molar-refractivity contribution >= 4 is 17.0 Å². The number of pyridine rings is 1. The molecule has 1 atom stereocenters. The molecule has 0 radical (unpaired) electrons. The summed E-state index contributed by atoms with van der Waals surface area (Å²) in [4.78, 5) is 12.2. The lowest BCUT2D eigenvalue weighted by molar-refractivity contribution is 0.675. The van der Waals surface area contributed by atoms with Gasteiger partial charge in [-0.25, -0.2) is 4.98 Å². The Labute approximate surface area is 118 Å². The molecule has 19 heavy (non-hydrogen) atoms. The average Bonchev–Trinajstić information content (AvgIpc) is 2.83. The smallest absolute Gasteiger partial charge is 0.0798 e. The SMILES string of the molecule is CC[C@H](N)c1ccc(N(C)Cc2scnc2C)cn1. The molecule has 2 aromatic rings. The summed E-state index contributed by atoms with van der Waals surface area (Å²) in [5.41, 5.74) is 11.0. The van der Waals surface area contributed by atoms with E-state index in [1.807, 2.05) is 24.7 Å². The number of hydrogen-bond acceptors (Lipinski definition) is 5. The lowest BCUT2D eigenvalue weighted by Gasteiger charge is -2.19. The van der Waals surface area contributed by atoms with E-state index < -0.39 is 0 Å². The molecule has 0 aromatic carbocycles. The topological polar surface area (TPSA) is 55.0 Å². The fourth-order valence-electron chi connectivity index (χ4n) is 1.84. The van der Waals surface area contributed by atoms with Crippen LogP contribution < -0.4 is 10.6 Å². The lowest BCUT2D eigenvalue weighted by atomic mass is 10.1. The zero-order chi connectivity index (χ0) is 13.8. The lowest BCUT2D eigenvalue weighted by Crippen LogP contribution is -2.17. The summed E-state index contributed by atoms with van der Waals surface area (Å²) >= 11 is 1.69. The third kappa shape index (κ3) is 3.30. The Morgan fingerprint density at radius 1 is 1.37 bits per heavy atom. The van der Waals surface area contributed by atoms with Gasteiger partial charge in [0.25, 0.3) is 0 Å². The molecule has 0 saturated carbocycles. The number of anilines is 1. The molecule has 4 nitrogen and oxygen atoms in total. The summed E-state index contributed by atoms with van der Waals surface area (Å²) in [6, 6.07) is 4.12. The Hall–Kier alpha value is -1.46. The number of thiazole rings is 1. The second kappa shape index (κ2) is 6.12. The van der Waals surface area contributed by atoms with Crippen LogP contribution in [0.5, 0.6) is 0 Å². The molecule has 0 spiro atoms. The summed E-state index contributed by atoms with van der Waals surface area (Å²) in [5, 5.41) is 0. The minimum atomic E-state index is 0.0306. The van der Waals surface area contributed by atoms with Crippen molar-refractivity contribution in [3.05, 3.63) is 40.1 Å². The summed E-state index contributed by atoms with van der Waals surface area (Å²) in [6.07, 6.45) is 2.80. The molecule has 0 unspecified atom stereocenters. The minimum Gasteiger partial charge on any atom is -0.368 e. The van der Waals surface area contributed by atoms with E-state index >= 15 is 0 Å². The number of hydrogen-bond donors (Lipinski definition) is 1. The van der Waals surface area contributed by atoms with E-state index in [1.54, 1.807) is 11.3 Å². The van der Waals surface area contributed by atoms with Gasteiger partial charge < -0.3 is 10.6 Å². The molecular formula is C14H20N4S. The van der Waals surface area contributed by atoms with Crippen molar-refractivity contribution < 1.29 is 0 Å². The van der Waals surface area contributed by atoms with Gasteiger partial charge in [0.1, 0.15) is 0 Å². The van der Waals surface area contributed by atoms with Gasteiger partial charge in [-0.1, -0.05) is 6.92 Å². The van der Waals surface area contributed by atoms with Crippen LogP contribution in [-0.2, 0) is 6.54 Å². The standard InChI is InChI=1S/C14H20N4S/c1-4-12(15)13-6-5-11(7-16-13)18(3)8-14-10(2)17-9-19-14/h5-7,9,12H,4,8,15H2,1-3H3/t12-/m0/s1. The first-order chi connectivity index (χ1) is 9.11. The molecule has 2 N–H and O–H groups in total. The van der Waals surface area contributed by atoms with E-state index in [1.165, 1.54) is 4.88 Å². The highest BCUT2D eigenvalue weighted by molar-refractivity contribution is 7.09. The van der Waals surface area contributed by atoms with Gasteiger partial charge in [0, 0.05) is 18.0 Å². The van der Waals surface area contributed by atoms with Crippen LogP contribution in [0.25, 0.3) is 0 Å².